The summed E-state index contributed by atoms with van der Waals surface area (Å²) in [6, 6.07) is 3.79. The second-order valence-corrected chi connectivity index (χ2v) is 3.66. The van der Waals surface area contributed by atoms with Crippen molar-refractivity contribution in [2.24, 2.45) is 0 Å². The Morgan fingerprint density at radius 2 is 2.00 bits per heavy atom. The van der Waals surface area contributed by atoms with Gasteiger partial charge in [0, 0.05) is 12.1 Å². The monoisotopic (exact) mass is 225 g/mol. The van der Waals surface area contributed by atoms with Crippen molar-refractivity contribution < 1.29 is 14.6 Å². The predicted octanol–water partition coefficient (Wildman–Crippen LogP) is 1.27. The number of methoxy groups -OCH3 is 2. The third-order valence-corrected chi connectivity index (χ3v) is 2.41. The van der Waals surface area contributed by atoms with Gasteiger partial charge in [-0.25, -0.2) is 0 Å². The number of likely N-dealkylation sites (N-methyl/N-ethyl adjacent to an activating group) is 1. The summed E-state index contributed by atoms with van der Waals surface area (Å²) in [4.78, 5) is 0. The van der Waals surface area contributed by atoms with Crippen molar-refractivity contribution in [3.63, 3.8) is 0 Å². The normalized spacial score (nSPS) is 12.3. The van der Waals surface area contributed by atoms with Crippen LogP contribution in [0.3, 0.4) is 0 Å². The summed E-state index contributed by atoms with van der Waals surface area (Å²) in [5.74, 6) is 1.24. The summed E-state index contributed by atoms with van der Waals surface area (Å²) in [6.07, 6.45) is -0.603. The predicted molar refractivity (Wildman–Crippen MR) is 63.2 cm³/mol. The molecule has 0 aliphatic carbocycles. The highest BCUT2D eigenvalue weighted by Crippen LogP contribution is 2.35. The Kier molecular flexibility index (Phi) is 4.58. The number of nitrogens with one attached hydrogen (secondary N) is 1. The van der Waals surface area contributed by atoms with E-state index in [1.807, 2.05) is 19.1 Å². The molecule has 0 fully saturated rings. The number of aliphatic hydroxyl groups is 1. The van der Waals surface area contributed by atoms with Gasteiger partial charge in [0.15, 0.2) is 11.5 Å². The van der Waals surface area contributed by atoms with Gasteiger partial charge in [0.2, 0.25) is 0 Å². The molecule has 90 valence electrons. The SMILES string of the molecule is CNCC(O)c1cc(C)cc(OC)c1OC. The van der Waals surface area contributed by atoms with Crippen molar-refractivity contribution in [3.8, 4) is 11.5 Å². The van der Waals surface area contributed by atoms with Crippen molar-refractivity contribution in [2.45, 2.75) is 13.0 Å². The summed E-state index contributed by atoms with van der Waals surface area (Å²) in [7, 11) is 4.96. The number of ether oxygens (including phenoxy) is 2. The quantitative estimate of drug-likeness (QED) is 0.792. The number of hydrogen-bond acceptors (Lipinski definition) is 4. The lowest BCUT2D eigenvalue weighted by molar-refractivity contribution is 0.172. The second kappa shape index (κ2) is 5.72. The molecule has 1 unspecified atom stereocenters. The van der Waals surface area contributed by atoms with Crippen LogP contribution >= 0.6 is 0 Å². The molecule has 16 heavy (non-hydrogen) atoms. The lowest BCUT2D eigenvalue weighted by Crippen LogP contribution is -2.17. The molecule has 0 amide bonds. The van der Waals surface area contributed by atoms with E-state index in [4.69, 9.17) is 9.47 Å². The molecule has 1 aromatic rings. The standard InChI is InChI=1S/C12H19NO3/c1-8-5-9(10(14)7-13-2)12(16-4)11(6-8)15-3/h5-6,10,13-14H,7H2,1-4H3. The molecular weight excluding hydrogens is 206 g/mol. The molecule has 0 aliphatic rings. The van der Waals surface area contributed by atoms with E-state index in [2.05, 4.69) is 5.32 Å². The van der Waals surface area contributed by atoms with Gasteiger partial charge < -0.3 is 19.9 Å². The molecule has 4 heteroatoms. The van der Waals surface area contributed by atoms with Crippen molar-refractivity contribution in [2.75, 3.05) is 27.8 Å². The third-order valence-electron chi connectivity index (χ3n) is 2.41. The Bertz CT molecular complexity index is 352. The summed E-state index contributed by atoms with van der Waals surface area (Å²) < 4.78 is 10.5. The van der Waals surface area contributed by atoms with Crippen LogP contribution in [0, 0.1) is 6.92 Å². The zero-order valence-electron chi connectivity index (χ0n) is 10.2. The Labute approximate surface area is 96.2 Å². The highest BCUT2D eigenvalue weighted by molar-refractivity contribution is 5.50. The van der Waals surface area contributed by atoms with E-state index >= 15 is 0 Å². The van der Waals surface area contributed by atoms with Crippen molar-refractivity contribution in [3.05, 3.63) is 23.3 Å². The number of hydrogen-bond donors (Lipinski definition) is 2. The van der Waals surface area contributed by atoms with E-state index in [1.54, 1.807) is 21.3 Å². The lowest BCUT2D eigenvalue weighted by Gasteiger charge is -2.17. The minimum atomic E-state index is -0.603. The topological polar surface area (TPSA) is 50.7 Å². The molecule has 0 bridgehead atoms. The molecule has 0 aromatic heterocycles. The van der Waals surface area contributed by atoms with Crippen molar-refractivity contribution in [1.29, 1.82) is 0 Å². The van der Waals surface area contributed by atoms with Gasteiger partial charge in [0.1, 0.15) is 0 Å². The number of aliphatic hydroxyl groups excluding tert-OH is 1. The fraction of sp³-hybridized carbons (Fsp3) is 0.500. The second-order valence-electron chi connectivity index (χ2n) is 3.66. The average Bonchev–Trinajstić information content (AvgIpc) is 2.28. The number of rotatable bonds is 5. The first-order chi connectivity index (χ1) is 7.63. The molecule has 0 heterocycles. The Hall–Kier alpha value is -1.26. The summed E-state index contributed by atoms with van der Waals surface area (Å²) in [5, 5.41) is 12.9. The fourth-order valence-electron chi connectivity index (χ4n) is 1.69. The van der Waals surface area contributed by atoms with Crippen LogP contribution in [0.4, 0.5) is 0 Å². The van der Waals surface area contributed by atoms with Crippen molar-refractivity contribution in [1.82, 2.24) is 5.32 Å². The third kappa shape index (κ3) is 2.65. The molecule has 1 rings (SSSR count). The van der Waals surface area contributed by atoms with Gasteiger partial charge in [-0.3, -0.25) is 0 Å². The van der Waals surface area contributed by atoms with Crippen LogP contribution in [0.1, 0.15) is 17.2 Å². The molecule has 1 aromatic carbocycles. The molecule has 0 aliphatic heterocycles. The lowest BCUT2D eigenvalue weighted by atomic mass is 10.0. The summed E-state index contributed by atoms with van der Waals surface area (Å²) in [5.41, 5.74) is 1.77. The molecule has 4 nitrogen and oxygen atoms in total. The zero-order chi connectivity index (χ0) is 12.1. The van der Waals surface area contributed by atoms with E-state index in [9.17, 15) is 5.11 Å². The average molecular weight is 225 g/mol. The molecule has 0 spiro atoms. The van der Waals surface area contributed by atoms with E-state index < -0.39 is 6.10 Å². The minimum absolute atomic E-state index is 0.475. The van der Waals surface area contributed by atoms with E-state index in [-0.39, 0.29) is 0 Å². The Balaban J connectivity index is 3.19. The van der Waals surface area contributed by atoms with Gasteiger partial charge in [-0.2, -0.15) is 0 Å². The van der Waals surface area contributed by atoms with Gasteiger partial charge in [0.05, 0.1) is 20.3 Å². The van der Waals surface area contributed by atoms with Crippen LogP contribution in [0.5, 0.6) is 11.5 Å². The Morgan fingerprint density at radius 3 is 2.50 bits per heavy atom. The maximum absolute atomic E-state index is 9.98. The van der Waals surface area contributed by atoms with Crippen LogP contribution in [-0.2, 0) is 0 Å². The van der Waals surface area contributed by atoms with E-state index in [0.717, 1.165) is 11.1 Å². The van der Waals surface area contributed by atoms with Gasteiger partial charge in [-0.1, -0.05) is 0 Å². The van der Waals surface area contributed by atoms with Gasteiger partial charge in [-0.05, 0) is 31.7 Å². The maximum Gasteiger partial charge on any atom is 0.166 e. The van der Waals surface area contributed by atoms with Crippen molar-refractivity contribution >= 4 is 0 Å². The van der Waals surface area contributed by atoms with Crippen LogP contribution in [0.25, 0.3) is 0 Å². The first kappa shape index (κ1) is 12.8. The number of aryl methyl sites for hydroxylation is 1. The fourth-order valence-corrected chi connectivity index (χ4v) is 1.69. The van der Waals surface area contributed by atoms with E-state index in [1.165, 1.54) is 0 Å². The molecule has 0 saturated heterocycles. The molecule has 2 N–H and O–H groups in total. The van der Waals surface area contributed by atoms with Gasteiger partial charge in [-0.15, -0.1) is 0 Å². The molecule has 0 radical (unpaired) electrons. The van der Waals surface area contributed by atoms with Crippen LogP contribution < -0.4 is 14.8 Å². The largest absolute Gasteiger partial charge is 0.493 e. The highest BCUT2D eigenvalue weighted by Gasteiger charge is 2.17. The maximum atomic E-state index is 9.98. The van der Waals surface area contributed by atoms with Gasteiger partial charge >= 0.3 is 0 Å². The van der Waals surface area contributed by atoms with Crippen LogP contribution in [0.2, 0.25) is 0 Å². The first-order valence-corrected chi connectivity index (χ1v) is 5.19. The molecule has 1 atom stereocenters. The Morgan fingerprint density at radius 1 is 1.31 bits per heavy atom. The molecular formula is C12H19NO3. The summed E-state index contributed by atoms with van der Waals surface area (Å²) in [6.45, 7) is 2.43. The smallest absolute Gasteiger partial charge is 0.166 e. The zero-order valence-corrected chi connectivity index (χ0v) is 10.2. The summed E-state index contributed by atoms with van der Waals surface area (Å²) >= 11 is 0. The number of benzene rings is 1. The van der Waals surface area contributed by atoms with Crippen LogP contribution in [-0.4, -0.2) is 32.9 Å². The minimum Gasteiger partial charge on any atom is -0.493 e. The first-order valence-electron chi connectivity index (χ1n) is 5.19. The van der Waals surface area contributed by atoms with Gasteiger partial charge in [0.25, 0.3) is 0 Å². The van der Waals surface area contributed by atoms with Crippen LogP contribution in [0.15, 0.2) is 12.1 Å². The molecule has 0 saturated carbocycles. The van der Waals surface area contributed by atoms with E-state index in [0.29, 0.717) is 18.0 Å². The highest BCUT2D eigenvalue weighted by atomic mass is 16.5.